The number of carbonyl (C=O) groups excluding carboxylic acids is 2. The molecule has 35 heavy (non-hydrogen) atoms. The summed E-state index contributed by atoms with van der Waals surface area (Å²) in [5.41, 5.74) is 1.98. The molecule has 1 aliphatic carbocycles. The normalized spacial score (nSPS) is 14.4. The number of aryl methyl sites for hydroxylation is 1. The van der Waals surface area contributed by atoms with Crippen LogP contribution >= 0.6 is 15.9 Å². The van der Waals surface area contributed by atoms with E-state index in [2.05, 4.69) is 21.2 Å². The molecule has 1 N–H and O–H groups in total. The average Bonchev–Trinajstić information content (AvgIpc) is 3.35. The standard InChI is InChI=1S/C28H37BrN2O4/c1-4-34-25-15-13-21(18-26(25)35-5-2)14-16-27(32)31(19-22-9-8-10-23(29)17-22)20(3)28(33)30-24-11-6-7-12-24/h8-10,13,15,17-18,20,24H,4-7,11-12,14,16,19H2,1-3H3,(H,30,33)/t20-/m0/s1. The van der Waals surface area contributed by atoms with Crippen molar-refractivity contribution in [2.45, 2.75) is 77.9 Å². The molecule has 2 amide bonds. The van der Waals surface area contributed by atoms with Crippen molar-refractivity contribution in [3.8, 4) is 11.5 Å². The van der Waals surface area contributed by atoms with Crippen molar-refractivity contribution in [2.24, 2.45) is 0 Å². The Morgan fingerprint density at radius 3 is 2.43 bits per heavy atom. The van der Waals surface area contributed by atoms with E-state index in [-0.39, 0.29) is 17.9 Å². The van der Waals surface area contributed by atoms with Crippen LogP contribution in [0, 0.1) is 0 Å². The van der Waals surface area contributed by atoms with Gasteiger partial charge in [-0.05, 0) is 75.4 Å². The first-order valence-electron chi connectivity index (χ1n) is 12.6. The van der Waals surface area contributed by atoms with Gasteiger partial charge in [-0.3, -0.25) is 9.59 Å². The number of ether oxygens (including phenoxy) is 2. The molecule has 190 valence electrons. The third-order valence-electron chi connectivity index (χ3n) is 6.35. The lowest BCUT2D eigenvalue weighted by molar-refractivity contribution is -0.140. The first kappa shape index (κ1) is 27.1. The molecule has 1 fully saturated rings. The van der Waals surface area contributed by atoms with Crippen LogP contribution in [0.15, 0.2) is 46.9 Å². The third-order valence-corrected chi connectivity index (χ3v) is 6.84. The Morgan fingerprint density at radius 1 is 1.03 bits per heavy atom. The fourth-order valence-electron chi connectivity index (χ4n) is 4.45. The molecule has 1 saturated carbocycles. The highest BCUT2D eigenvalue weighted by molar-refractivity contribution is 9.10. The minimum atomic E-state index is -0.554. The zero-order chi connectivity index (χ0) is 25.2. The highest BCUT2D eigenvalue weighted by atomic mass is 79.9. The van der Waals surface area contributed by atoms with Crippen LogP contribution in [0.2, 0.25) is 0 Å². The molecule has 7 heteroatoms. The first-order chi connectivity index (χ1) is 16.9. The van der Waals surface area contributed by atoms with Crippen LogP contribution in [0.4, 0.5) is 0 Å². The summed E-state index contributed by atoms with van der Waals surface area (Å²) in [5.74, 6) is 1.26. The predicted octanol–water partition coefficient (Wildman–Crippen LogP) is 5.66. The quantitative estimate of drug-likeness (QED) is 0.374. The molecule has 0 bridgehead atoms. The van der Waals surface area contributed by atoms with Crippen molar-refractivity contribution in [3.05, 3.63) is 58.1 Å². The summed E-state index contributed by atoms with van der Waals surface area (Å²) in [4.78, 5) is 28.2. The predicted molar refractivity (Wildman–Crippen MR) is 142 cm³/mol. The van der Waals surface area contributed by atoms with Crippen molar-refractivity contribution < 1.29 is 19.1 Å². The van der Waals surface area contributed by atoms with E-state index in [0.29, 0.717) is 44.1 Å². The van der Waals surface area contributed by atoms with E-state index in [1.54, 1.807) is 4.90 Å². The second kappa shape index (κ2) is 13.5. The van der Waals surface area contributed by atoms with Crippen LogP contribution in [-0.2, 0) is 22.6 Å². The number of hydrogen-bond acceptors (Lipinski definition) is 4. The van der Waals surface area contributed by atoms with Crippen LogP contribution in [0.25, 0.3) is 0 Å². The van der Waals surface area contributed by atoms with Gasteiger partial charge in [0.1, 0.15) is 6.04 Å². The van der Waals surface area contributed by atoms with E-state index in [4.69, 9.17) is 9.47 Å². The number of halogens is 1. The minimum Gasteiger partial charge on any atom is -0.490 e. The summed E-state index contributed by atoms with van der Waals surface area (Å²) in [6.45, 7) is 7.17. The molecule has 0 radical (unpaired) electrons. The Bertz CT molecular complexity index is 991. The van der Waals surface area contributed by atoms with Gasteiger partial charge in [0.25, 0.3) is 0 Å². The van der Waals surface area contributed by atoms with Crippen molar-refractivity contribution in [1.82, 2.24) is 10.2 Å². The van der Waals surface area contributed by atoms with Gasteiger partial charge in [0.2, 0.25) is 11.8 Å². The molecule has 2 aromatic carbocycles. The first-order valence-corrected chi connectivity index (χ1v) is 13.4. The lowest BCUT2D eigenvalue weighted by Gasteiger charge is -2.30. The molecule has 0 saturated heterocycles. The van der Waals surface area contributed by atoms with E-state index < -0.39 is 6.04 Å². The fraction of sp³-hybridized carbons (Fsp3) is 0.500. The van der Waals surface area contributed by atoms with Crippen LogP contribution in [0.1, 0.15) is 64.0 Å². The van der Waals surface area contributed by atoms with Gasteiger partial charge in [-0.25, -0.2) is 0 Å². The SMILES string of the molecule is CCOc1ccc(CCC(=O)N(Cc2cccc(Br)c2)[C@@H](C)C(=O)NC2CCCC2)cc1OCC. The van der Waals surface area contributed by atoms with E-state index in [0.717, 1.165) is 41.3 Å². The van der Waals surface area contributed by atoms with Gasteiger partial charge >= 0.3 is 0 Å². The summed E-state index contributed by atoms with van der Waals surface area (Å²) in [6, 6.07) is 13.3. The van der Waals surface area contributed by atoms with E-state index in [1.165, 1.54) is 0 Å². The lowest BCUT2D eigenvalue weighted by Crippen LogP contribution is -2.49. The van der Waals surface area contributed by atoms with Gasteiger partial charge in [0, 0.05) is 23.5 Å². The van der Waals surface area contributed by atoms with Crippen LogP contribution < -0.4 is 14.8 Å². The van der Waals surface area contributed by atoms with Gasteiger partial charge in [-0.2, -0.15) is 0 Å². The topological polar surface area (TPSA) is 67.9 Å². The van der Waals surface area contributed by atoms with Crippen LogP contribution in [-0.4, -0.2) is 42.0 Å². The molecular weight excluding hydrogens is 508 g/mol. The van der Waals surface area contributed by atoms with Crippen molar-refractivity contribution in [1.29, 1.82) is 0 Å². The molecule has 0 aliphatic heterocycles. The fourth-order valence-corrected chi connectivity index (χ4v) is 4.90. The minimum absolute atomic E-state index is 0.0501. The van der Waals surface area contributed by atoms with Crippen LogP contribution in [0.3, 0.4) is 0 Å². The molecular formula is C28H37BrN2O4. The maximum absolute atomic E-state index is 13.4. The molecule has 0 spiro atoms. The highest BCUT2D eigenvalue weighted by Crippen LogP contribution is 2.29. The molecule has 1 atom stereocenters. The zero-order valence-corrected chi connectivity index (χ0v) is 22.6. The highest BCUT2D eigenvalue weighted by Gasteiger charge is 2.28. The number of nitrogens with zero attached hydrogens (tertiary/aromatic N) is 1. The van der Waals surface area contributed by atoms with E-state index >= 15 is 0 Å². The monoisotopic (exact) mass is 544 g/mol. The molecule has 2 aromatic rings. The van der Waals surface area contributed by atoms with Crippen LogP contribution in [0.5, 0.6) is 11.5 Å². The summed E-state index contributed by atoms with van der Waals surface area (Å²) in [7, 11) is 0. The smallest absolute Gasteiger partial charge is 0.242 e. The summed E-state index contributed by atoms with van der Waals surface area (Å²) in [6.07, 6.45) is 5.17. The van der Waals surface area contributed by atoms with E-state index in [1.807, 2.05) is 63.2 Å². The number of nitrogens with one attached hydrogen (secondary N) is 1. The molecule has 0 heterocycles. The second-order valence-electron chi connectivity index (χ2n) is 8.96. The number of amides is 2. The largest absolute Gasteiger partial charge is 0.490 e. The third kappa shape index (κ3) is 7.99. The van der Waals surface area contributed by atoms with Crippen molar-refractivity contribution in [2.75, 3.05) is 13.2 Å². The molecule has 0 aromatic heterocycles. The van der Waals surface area contributed by atoms with Gasteiger partial charge in [0.15, 0.2) is 11.5 Å². The summed E-state index contributed by atoms with van der Waals surface area (Å²) in [5, 5.41) is 3.15. The Morgan fingerprint density at radius 2 is 1.74 bits per heavy atom. The van der Waals surface area contributed by atoms with Gasteiger partial charge in [0.05, 0.1) is 13.2 Å². The van der Waals surface area contributed by atoms with E-state index in [9.17, 15) is 9.59 Å². The summed E-state index contributed by atoms with van der Waals surface area (Å²) < 4.78 is 12.3. The lowest BCUT2D eigenvalue weighted by atomic mass is 10.1. The Labute approximate surface area is 217 Å². The Balaban J connectivity index is 1.72. The number of benzene rings is 2. The van der Waals surface area contributed by atoms with Gasteiger partial charge < -0.3 is 19.7 Å². The van der Waals surface area contributed by atoms with Gasteiger partial charge in [-0.1, -0.05) is 47.0 Å². The molecule has 1 aliphatic rings. The molecule has 0 unspecified atom stereocenters. The zero-order valence-electron chi connectivity index (χ0n) is 21.0. The van der Waals surface area contributed by atoms with Crippen molar-refractivity contribution in [3.63, 3.8) is 0 Å². The van der Waals surface area contributed by atoms with Crippen molar-refractivity contribution >= 4 is 27.7 Å². The molecule has 3 rings (SSSR count). The Kier molecular flexibility index (Phi) is 10.5. The second-order valence-corrected chi connectivity index (χ2v) is 9.88. The number of rotatable bonds is 12. The summed E-state index contributed by atoms with van der Waals surface area (Å²) >= 11 is 3.51. The average molecular weight is 546 g/mol. The Hall–Kier alpha value is -2.54. The number of carbonyl (C=O) groups is 2. The van der Waals surface area contributed by atoms with Gasteiger partial charge in [-0.15, -0.1) is 0 Å². The number of hydrogen-bond donors (Lipinski definition) is 1. The maximum atomic E-state index is 13.4. The molecule has 6 nitrogen and oxygen atoms in total. The maximum Gasteiger partial charge on any atom is 0.242 e.